The fraction of sp³-hybridized carbons (Fsp3) is 0.944. The molecule has 0 heterocycles. The van der Waals surface area contributed by atoms with Gasteiger partial charge in [0.15, 0.2) is 0 Å². The predicted molar refractivity (Wildman–Crippen MR) is 96.6 cm³/mol. The van der Waals surface area contributed by atoms with E-state index in [1.165, 1.54) is 89.9 Å². The Morgan fingerprint density at radius 2 is 0.950 bits per heavy atom. The zero-order valence-corrected chi connectivity index (χ0v) is 14.9. The van der Waals surface area contributed by atoms with Gasteiger partial charge in [-0.3, -0.25) is 4.99 Å². The van der Waals surface area contributed by atoms with Crippen LogP contribution in [-0.4, -0.2) is 12.8 Å². The Bertz CT molecular complexity index is 180. The van der Waals surface area contributed by atoms with Gasteiger partial charge in [0, 0.05) is 6.54 Å². The molecule has 0 N–H and O–H groups in total. The largest absolute Gasteiger partial charge is 0.298 e. The number of hydrogen-bond acceptors (Lipinski definition) is 1. The molecule has 122 valence electrons. The minimum absolute atomic E-state index is 0. The summed E-state index contributed by atoms with van der Waals surface area (Å²) in [6.45, 7) is 5.33. The Morgan fingerprint density at radius 3 is 1.30 bits per heavy atom. The average Bonchev–Trinajstić information content (AvgIpc) is 2.43. The van der Waals surface area contributed by atoms with E-state index in [4.69, 9.17) is 0 Å². The van der Waals surface area contributed by atoms with Crippen molar-refractivity contribution in [2.24, 2.45) is 4.99 Å². The predicted octanol–water partition coefficient (Wildman–Crippen LogP) is 6.98. The molecule has 0 unspecified atom stereocenters. The van der Waals surface area contributed by atoms with Gasteiger partial charge in [-0.15, -0.1) is 12.4 Å². The lowest BCUT2D eigenvalue weighted by atomic mass is 10.0. The fourth-order valence-corrected chi connectivity index (χ4v) is 2.53. The van der Waals surface area contributed by atoms with E-state index in [-0.39, 0.29) is 12.4 Å². The Kier molecular flexibility index (Phi) is 23.6. The number of hydrogen-bond donors (Lipinski definition) is 0. The average molecular weight is 304 g/mol. The first-order valence-corrected chi connectivity index (χ1v) is 8.86. The third kappa shape index (κ3) is 20.3. The molecule has 0 saturated heterocycles. The molecule has 0 aliphatic carbocycles. The van der Waals surface area contributed by atoms with E-state index in [1.54, 1.807) is 0 Å². The molecule has 0 aromatic carbocycles. The van der Waals surface area contributed by atoms with Gasteiger partial charge >= 0.3 is 0 Å². The van der Waals surface area contributed by atoms with Crippen LogP contribution in [0.4, 0.5) is 0 Å². The smallest absolute Gasteiger partial charge is 0.0385 e. The molecule has 0 aliphatic heterocycles. The summed E-state index contributed by atoms with van der Waals surface area (Å²) < 4.78 is 0. The fourth-order valence-electron chi connectivity index (χ4n) is 2.53. The van der Waals surface area contributed by atoms with Crippen LogP contribution in [0.1, 0.15) is 104 Å². The standard InChI is InChI=1S/C18H37N.ClH/c1-3-5-6-7-8-9-10-11-12-13-14-15-16-17-18-19-4-2;/h4H,3,5-18H2,1-2H3;1H. The van der Waals surface area contributed by atoms with E-state index in [0.29, 0.717) is 0 Å². The highest BCUT2D eigenvalue weighted by Crippen LogP contribution is 2.12. The van der Waals surface area contributed by atoms with Crippen LogP contribution in [0.3, 0.4) is 0 Å². The van der Waals surface area contributed by atoms with E-state index < -0.39 is 0 Å². The van der Waals surface area contributed by atoms with Crippen LogP contribution in [0, 0.1) is 0 Å². The van der Waals surface area contributed by atoms with Crippen molar-refractivity contribution in [1.82, 2.24) is 0 Å². The summed E-state index contributed by atoms with van der Waals surface area (Å²) in [5, 5.41) is 0. The third-order valence-electron chi connectivity index (χ3n) is 3.82. The first kappa shape index (κ1) is 22.2. The van der Waals surface area contributed by atoms with Gasteiger partial charge in [0.1, 0.15) is 0 Å². The van der Waals surface area contributed by atoms with Gasteiger partial charge in [-0.2, -0.15) is 0 Å². The maximum Gasteiger partial charge on any atom is 0.0385 e. The molecular weight excluding hydrogens is 266 g/mol. The summed E-state index contributed by atoms with van der Waals surface area (Å²) in [5.74, 6) is 0. The second kappa shape index (κ2) is 21.3. The lowest BCUT2D eigenvalue weighted by Crippen LogP contribution is -1.84. The number of aliphatic imine (C=N–C) groups is 1. The quantitative estimate of drug-likeness (QED) is 0.228. The lowest BCUT2D eigenvalue weighted by Gasteiger charge is -2.02. The SMILES string of the molecule is CC=NCCCCCCCCCCCCCCCC.Cl. The molecule has 1 nitrogen and oxygen atoms in total. The second-order valence-corrected chi connectivity index (χ2v) is 5.76. The molecule has 0 rings (SSSR count). The van der Waals surface area contributed by atoms with Crippen LogP contribution in [0.2, 0.25) is 0 Å². The molecule has 0 saturated carbocycles. The number of nitrogens with zero attached hydrogens (tertiary/aromatic N) is 1. The second-order valence-electron chi connectivity index (χ2n) is 5.76. The van der Waals surface area contributed by atoms with Crippen molar-refractivity contribution in [3.63, 3.8) is 0 Å². The Labute approximate surface area is 134 Å². The molecule has 0 radical (unpaired) electrons. The summed E-state index contributed by atoms with van der Waals surface area (Å²) in [4.78, 5) is 4.24. The molecule has 0 spiro atoms. The van der Waals surface area contributed by atoms with E-state index >= 15 is 0 Å². The highest BCUT2D eigenvalue weighted by Gasteiger charge is 1.93. The molecule has 2 heteroatoms. The monoisotopic (exact) mass is 303 g/mol. The van der Waals surface area contributed by atoms with Gasteiger partial charge in [-0.25, -0.2) is 0 Å². The summed E-state index contributed by atoms with van der Waals surface area (Å²) >= 11 is 0. The van der Waals surface area contributed by atoms with Crippen molar-refractivity contribution in [1.29, 1.82) is 0 Å². The summed E-state index contributed by atoms with van der Waals surface area (Å²) in [6, 6.07) is 0. The summed E-state index contributed by atoms with van der Waals surface area (Å²) in [6.07, 6.45) is 21.9. The maximum absolute atomic E-state index is 4.24. The van der Waals surface area contributed by atoms with Crippen molar-refractivity contribution < 1.29 is 0 Å². The van der Waals surface area contributed by atoms with Gasteiger partial charge in [0.05, 0.1) is 0 Å². The first-order chi connectivity index (χ1) is 9.41. The first-order valence-electron chi connectivity index (χ1n) is 8.86. The van der Waals surface area contributed by atoms with Crippen molar-refractivity contribution in [2.75, 3.05) is 6.54 Å². The van der Waals surface area contributed by atoms with E-state index in [9.17, 15) is 0 Å². The van der Waals surface area contributed by atoms with Crippen molar-refractivity contribution >= 4 is 18.6 Å². The maximum atomic E-state index is 4.24. The Morgan fingerprint density at radius 1 is 0.600 bits per heavy atom. The number of rotatable bonds is 15. The highest BCUT2D eigenvalue weighted by atomic mass is 35.5. The zero-order chi connectivity index (χ0) is 14.0. The molecule has 0 bridgehead atoms. The molecule has 0 atom stereocenters. The molecule has 20 heavy (non-hydrogen) atoms. The van der Waals surface area contributed by atoms with Crippen molar-refractivity contribution in [3.05, 3.63) is 0 Å². The van der Waals surface area contributed by atoms with Gasteiger partial charge in [0.2, 0.25) is 0 Å². The minimum atomic E-state index is 0. The topological polar surface area (TPSA) is 12.4 Å². The van der Waals surface area contributed by atoms with Crippen LogP contribution in [0.5, 0.6) is 0 Å². The highest BCUT2D eigenvalue weighted by molar-refractivity contribution is 5.85. The summed E-state index contributed by atoms with van der Waals surface area (Å²) in [7, 11) is 0. The van der Waals surface area contributed by atoms with E-state index in [2.05, 4.69) is 11.9 Å². The third-order valence-corrected chi connectivity index (χ3v) is 3.82. The van der Waals surface area contributed by atoms with Crippen molar-refractivity contribution in [2.45, 2.75) is 104 Å². The van der Waals surface area contributed by atoms with Gasteiger partial charge in [0.25, 0.3) is 0 Å². The van der Waals surface area contributed by atoms with Crippen LogP contribution in [0.15, 0.2) is 4.99 Å². The minimum Gasteiger partial charge on any atom is -0.298 e. The number of halogens is 1. The van der Waals surface area contributed by atoms with Gasteiger partial charge < -0.3 is 0 Å². The number of unbranched alkanes of at least 4 members (excludes halogenated alkanes) is 13. The molecule has 0 aromatic heterocycles. The zero-order valence-electron chi connectivity index (χ0n) is 14.0. The van der Waals surface area contributed by atoms with E-state index in [0.717, 1.165) is 6.54 Å². The molecule has 0 amide bonds. The van der Waals surface area contributed by atoms with Crippen LogP contribution < -0.4 is 0 Å². The summed E-state index contributed by atoms with van der Waals surface area (Å²) in [5.41, 5.74) is 0. The molecule has 0 aliphatic rings. The van der Waals surface area contributed by atoms with Crippen LogP contribution in [-0.2, 0) is 0 Å². The normalized spacial score (nSPS) is 10.9. The molecule has 0 aromatic rings. The van der Waals surface area contributed by atoms with Crippen LogP contribution in [0.25, 0.3) is 0 Å². The Hall–Kier alpha value is -0.0400. The van der Waals surface area contributed by atoms with Crippen molar-refractivity contribution in [3.8, 4) is 0 Å². The van der Waals surface area contributed by atoms with Crippen LogP contribution >= 0.6 is 12.4 Å². The molecule has 0 fully saturated rings. The van der Waals surface area contributed by atoms with Gasteiger partial charge in [-0.1, -0.05) is 90.4 Å². The molecular formula is C18H38ClN. The van der Waals surface area contributed by atoms with E-state index in [1.807, 2.05) is 13.1 Å². The lowest BCUT2D eigenvalue weighted by molar-refractivity contribution is 0.536. The van der Waals surface area contributed by atoms with Gasteiger partial charge in [-0.05, 0) is 19.6 Å². The Balaban J connectivity index is 0.